The van der Waals surface area contributed by atoms with Gasteiger partial charge in [0, 0.05) is 11.8 Å². The van der Waals surface area contributed by atoms with Gasteiger partial charge in [-0.2, -0.15) is 0 Å². The molecule has 0 heterocycles. The second-order valence-corrected chi connectivity index (χ2v) is 6.32. The normalized spacial score (nSPS) is 12.9. The van der Waals surface area contributed by atoms with E-state index in [1.807, 2.05) is 0 Å². The predicted molar refractivity (Wildman–Crippen MR) is 80.5 cm³/mol. The summed E-state index contributed by atoms with van der Waals surface area (Å²) in [6, 6.07) is 0. The zero-order valence-corrected chi connectivity index (χ0v) is 12.9. The highest BCUT2D eigenvalue weighted by molar-refractivity contribution is 5.07. The molecule has 0 fully saturated rings. The largest absolute Gasteiger partial charge is 0.392 e. The van der Waals surface area contributed by atoms with Gasteiger partial charge in [-0.3, -0.25) is 0 Å². The molecule has 1 heteroatoms. The Morgan fingerprint density at radius 2 is 1.50 bits per heavy atom. The van der Waals surface area contributed by atoms with E-state index in [9.17, 15) is 5.11 Å². The third-order valence-electron chi connectivity index (χ3n) is 2.94. The maximum atomic E-state index is 9.78. The third-order valence-corrected chi connectivity index (χ3v) is 2.94. The maximum absolute atomic E-state index is 9.78. The van der Waals surface area contributed by atoms with Gasteiger partial charge in [0.05, 0.1) is 6.10 Å². The van der Waals surface area contributed by atoms with Gasteiger partial charge in [0.25, 0.3) is 0 Å². The van der Waals surface area contributed by atoms with Crippen molar-refractivity contribution < 1.29 is 5.11 Å². The number of unbranched alkanes of at least 4 members (excludes halogenated alkanes) is 6. The highest BCUT2D eigenvalue weighted by Crippen LogP contribution is 2.12. The van der Waals surface area contributed by atoms with Crippen molar-refractivity contribution in [2.24, 2.45) is 5.41 Å². The van der Waals surface area contributed by atoms with Gasteiger partial charge in [0.15, 0.2) is 0 Å². The Bertz CT molecular complexity index is 239. The second kappa shape index (κ2) is 10.4. The first-order chi connectivity index (χ1) is 8.45. The molecule has 0 aromatic rings. The quantitative estimate of drug-likeness (QED) is 0.456. The average Bonchev–Trinajstić information content (AvgIpc) is 2.26. The lowest BCUT2D eigenvalue weighted by Gasteiger charge is -2.09. The lowest BCUT2D eigenvalue weighted by atomic mass is 9.97. The fourth-order valence-corrected chi connectivity index (χ4v) is 1.87. The molecule has 0 aliphatic heterocycles. The Balaban J connectivity index is 3.42. The van der Waals surface area contributed by atoms with Gasteiger partial charge >= 0.3 is 0 Å². The number of hydrogen-bond acceptors (Lipinski definition) is 1. The first kappa shape index (κ1) is 17.5. The zero-order valence-electron chi connectivity index (χ0n) is 12.9. The monoisotopic (exact) mass is 252 g/mol. The minimum Gasteiger partial charge on any atom is -0.392 e. The Morgan fingerprint density at radius 3 is 2.06 bits per heavy atom. The molecule has 0 radical (unpaired) electrons. The molecule has 1 atom stereocenters. The molecule has 106 valence electrons. The van der Waals surface area contributed by atoms with Crippen LogP contribution in [0.1, 0.15) is 85.5 Å². The zero-order chi connectivity index (χ0) is 13.9. The highest BCUT2D eigenvalue weighted by atomic mass is 16.3. The first-order valence-corrected chi connectivity index (χ1v) is 7.64. The molecule has 0 amide bonds. The van der Waals surface area contributed by atoms with Gasteiger partial charge in [-0.05, 0) is 27.2 Å². The SMILES string of the molecule is CCCCCCCCCC(O)CC#CC(C)(C)C. The standard InChI is InChI=1S/C17H32O/c1-5-6-7-8-9-10-11-13-16(18)14-12-15-17(2,3)4/h16,18H,5-11,13-14H2,1-4H3. The van der Waals surface area contributed by atoms with Crippen molar-refractivity contribution in [3.63, 3.8) is 0 Å². The summed E-state index contributed by atoms with van der Waals surface area (Å²) < 4.78 is 0. The summed E-state index contributed by atoms with van der Waals surface area (Å²) in [7, 11) is 0. The van der Waals surface area contributed by atoms with E-state index in [1.54, 1.807) is 0 Å². The summed E-state index contributed by atoms with van der Waals surface area (Å²) in [6.07, 6.45) is 10.4. The van der Waals surface area contributed by atoms with Crippen molar-refractivity contribution in [2.75, 3.05) is 0 Å². The number of aliphatic hydroxyl groups is 1. The van der Waals surface area contributed by atoms with Crippen LogP contribution in [0.4, 0.5) is 0 Å². The van der Waals surface area contributed by atoms with Gasteiger partial charge in [-0.15, -0.1) is 5.92 Å². The summed E-state index contributed by atoms with van der Waals surface area (Å²) in [6.45, 7) is 8.54. The van der Waals surface area contributed by atoms with Crippen LogP contribution < -0.4 is 0 Å². The fraction of sp³-hybridized carbons (Fsp3) is 0.882. The minimum absolute atomic E-state index is 0.0546. The van der Waals surface area contributed by atoms with Crippen LogP contribution in [0.5, 0.6) is 0 Å². The van der Waals surface area contributed by atoms with Crippen molar-refractivity contribution in [1.82, 2.24) is 0 Å². The van der Waals surface area contributed by atoms with E-state index in [1.165, 1.54) is 38.5 Å². The van der Waals surface area contributed by atoms with Crippen molar-refractivity contribution in [3.05, 3.63) is 0 Å². The summed E-state index contributed by atoms with van der Waals surface area (Å²) >= 11 is 0. The summed E-state index contributed by atoms with van der Waals surface area (Å²) in [5.74, 6) is 6.26. The smallest absolute Gasteiger partial charge is 0.0649 e. The average molecular weight is 252 g/mol. The van der Waals surface area contributed by atoms with Crippen molar-refractivity contribution >= 4 is 0 Å². The van der Waals surface area contributed by atoms with E-state index in [2.05, 4.69) is 39.5 Å². The molecule has 0 saturated carbocycles. The van der Waals surface area contributed by atoms with Crippen LogP contribution in [0.2, 0.25) is 0 Å². The van der Waals surface area contributed by atoms with Crippen LogP contribution in [0.15, 0.2) is 0 Å². The highest BCUT2D eigenvalue weighted by Gasteiger charge is 2.05. The van der Waals surface area contributed by atoms with Crippen molar-refractivity contribution in [3.8, 4) is 11.8 Å². The summed E-state index contributed by atoms with van der Waals surface area (Å²) in [4.78, 5) is 0. The van der Waals surface area contributed by atoms with Gasteiger partial charge in [-0.25, -0.2) is 0 Å². The fourth-order valence-electron chi connectivity index (χ4n) is 1.87. The number of rotatable bonds is 9. The molecule has 18 heavy (non-hydrogen) atoms. The third kappa shape index (κ3) is 13.6. The summed E-state index contributed by atoms with van der Waals surface area (Å²) in [5.41, 5.74) is 0.0546. The van der Waals surface area contributed by atoms with Crippen LogP contribution in [0.25, 0.3) is 0 Å². The molecule has 0 aromatic heterocycles. The van der Waals surface area contributed by atoms with E-state index in [4.69, 9.17) is 0 Å². The van der Waals surface area contributed by atoms with Gasteiger partial charge in [-0.1, -0.05) is 57.8 Å². The van der Waals surface area contributed by atoms with E-state index < -0.39 is 0 Å². The van der Waals surface area contributed by atoms with E-state index in [0.29, 0.717) is 6.42 Å². The first-order valence-electron chi connectivity index (χ1n) is 7.64. The van der Waals surface area contributed by atoms with E-state index in [0.717, 1.165) is 12.8 Å². The van der Waals surface area contributed by atoms with Gasteiger partial charge in [0.2, 0.25) is 0 Å². The lowest BCUT2D eigenvalue weighted by Crippen LogP contribution is -2.06. The lowest BCUT2D eigenvalue weighted by molar-refractivity contribution is 0.166. The second-order valence-electron chi connectivity index (χ2n) is 6.32. The minimum atomic E-state index is -0.226. The van der Waals surface area contributed by atoms with Gasteiger partial charge in [0.1, 0.15) is 0 Å². The Morgan fingerprint density at radius 1 is 0.944 bits per heavy atom. The number of aliphatic hydroxyl groups excluding tert-OH is 1. The molecular weight excluding hydrogens is 220 g/mol. The Kier molecular flexibility index (Phi) is 10.2. The van der Waals surface area contributed by atoms with Crippen molar-refractivity contribution in [1.29, 1.82) is 0 Å². The van der Waals surface area contributed by atoms with E-state index in [-0.39, 0.29) is 11.5 Å². The molecule has 1 nitrogen and oxygen atoms in total. The predicted octanol–water partition coefficient (Wildman–Crippen LogP) is 4.93. The molecule has 0 aromatic carbocycles. The van der Waals surface area contributed by atoms with Crippen LogP contribution in [-0.4, -0.2) is 11.2 Å². The van der Waals surface area contributed by atoms with E-state index >= 15 is 0 Å². The molecule has 0 aliphatic carbocycles. The molecule has 0 spiro atoms. The molecule has 0 rings (SSSR count). The van der Waals surface area contributed by atoms with Crippen LogP contribution in [0, 0.1) is 17.3 Å². The summed E-state index contributed by atoms with van der Waals surface area (Å²) in [5, 5.41) is 9.78. The molecule has 0 saturated heterocycles. The molecule has 0 bridgehead atoms. The number of hydrogen-bond donors (Lipinski definition) is 1. The maximum Gasteiger partial charge on any atom is 0.0649 e. The van der Waals surface area contributed by atoms with Crippen LogP contribution in [-0.2, 0) is 0 Å². The van der Waals surface area contributed by atoms with Crippen LogP contribution in [0.3, 0.4) is 0 Å². The molecular formula is C17H32O. The Labute approximate surface area is 114 Å². The van der Waals surface area contributed by atoms with Gasteiger partial charge < -0.3 is 5.11 Å². The van der Waals surface area contributed by atoms with Crippen LogP contribution >= 0.6 is 0 Å². The Hall–Kier alpha value is -0.480. The molecule has 0 aliphatic rings. The topological polar surface area (TPSA) is 20.2 Å². The molecule has 1 unspecified atom stereocenters. The van der Waals surface area contributed by atoms with Crippen molar-refractivity contribution in [2.45, 2.75) is 91.6 Å². The molecule has 1 N–H and O–H groups in total.